The first-order valence-corrected chi connectivity index (χ1v) is 10.9. The maximum Gasteiger partial charge on any atom is 0.337 e. The van der Waals surface area contributed by atoms with Gasteiger partial charge in [0.05, 0.1) is 23.5 Å². The topological polar surface area (TPSA) is 116 Å². The molecule has 1 unspecified atom stereocenters. The highest BCUT2D eigenvalue weighted by molar-refractivity contribution is 7.89. The zero-order valence-electron chi connectivity index (χ0n) is 16.6. The summed E-state index contributed by atoms with van der Waals surface area (Å²) in [6.45, 7) is 2.41. The van der Waals surface area contributed by atoms with E-state index in [1.807, 2.05) is 13.0 Å². The summed E-state index contributed by atoms with van der Waals surface area (Å²) < 4.78 is 43.3. The van der Waals surface area contributed by atoms with Gasteiger partial charge in [0.2, 0.25) is 21.7 Å². The molecule has 0 aliphatic carbocycles. The zero-order valence-corrected chi connectivity index (χ0v) is 17.4. The number of furan rings is 1. The molecule has 0 amide bonds. The van der Waals surface area contributed by atoms with Gasteiger partial charge in [0.1, 0.15) is 5.76 Å². The average molecular weight is 431 g/mol. The van der Waals surface area contributed by atoms with Gasteiger partial charge in [0, 0.05) is 13.1 Å². The zero-order chi connectivity index (χ0) is 21.3. The third-order valence-electron chi connectivity index (χ3n) is 5.03. The molecular weight excluding hydrogens is 410 g/mol. The van der Waals surface area contributed by atoms with Crippen LogP contribution in [-0.2, 0) is 14.8 Å². The minimum atomic E-state index is -3.79. The van der Waals surface area contributed by atoms with E-state index in [-0.39, 0.29) is 22.9 Å². The van der Waals surface area contributed by atoms with Crippen LogP contribution in [0.15, 0.2) is 50.2 Å². The molecule has 0 spiro atoms. The smallest absolute Gasteiger partial charge is 0.337 e. The van der Waals surface area contributed by atoms with E-state index in [0.29, 0.717) is 30.4 Å². The van der Waals surface area contributed by atoms with Gasteiger partial charge in [0.15, 0.2) is 5.76 Å². The minimum Gasteiger partial charge on any atom is -0.465 e. The van der Waals surface area contributed by atoms with Crippen LogP contribution in [0.1, 0.15) is 40.8 Å². The number of methoxy groups -OCH3 is 1. The van der Waals surface area contributed by atoms with Crippen molar-refractivity contribution < 1.29 is 26.9 Å². The molecule has 0 radical (unpaired) electrons. The highest BCUT2D eigenvalue weighted by Gasteiger charge is 2.34. The van der Waals surface area contributed by atoms with Crippen molar-refractivity contribution in [2.45, 2.75) is 30.6 Å². The van der Waals surface area contributed by atoms with Crippen molar-refractivity contribution in [1.29, 1.82) is 0 Å². The lowest BCUT2D eigenvalue weighted by Crippen LogP contribution is -2.39. The number of ether oxygens (including phenoxy) is 1. The second-order valence-electron chi connectivity index (χ2n) is 7.09. The van der Waals surface area contributed by atoms with Gasteiger partial charge < -0.3 is 13.7 Å². The van der Waals surface area contributed by atoms with Crippen molar-refractivity contribution in [3.8, 4) is 11.6 Å². The minimum absolute atomic E-state index is 0.0447. The first-order chi connectivity index (χ1) is 14.4. The van der Waals surface area contributed by atoms with Gasteiger partial charge in [-0.1, -0.05) is 11.2 Å². The van der Waals surface area contributed by atoms with Crippen molar-refractivity contribution in [3.63, 3.8) is 0 Å². The van der Waals surface area contributed by atoms with Crippen molar-refractivity contribution in [2.24, 2.45) is 0 Å². The molecule has 0 N–H and O–H groups in total. The predicted molar refractivity (Wildman–Crippen MR) is 105 cm³/mol. The van der Waals surface area contributed by atoms with E-state index in [2.05, 4.69) is 14.9 Å². The molecule has 0 saturated carbocycles. The molecule has 1 aliphatic heterocycles. The van der Waals surface area contributed by atoms with E-state index >= 15 is 0 Å². The lowest BCUT2D eigenvalue weighted by atomic mass is 10.00. The van der Waals surface area contributed by atoms with Gasteiger partial charge in [0.25, 0.3) is 0 Å². The molecule has 3 aromatic rings. The average Bonchev–Trinajstić information content (AvgIpc) is 3.42. The van der Waals surface area contributed by atoms with Crippen LogP contribution < -0.4 is 0 Å². The molecule has 2 aromatic heterocycles. The molecule has 10 heteroatoms. The number of rotatable bonds is 5. The van der Waals surface area contributed by atoms with Gasteiger partial charge in [-0.15, -0.1) is 0 Å². The van der Waals surface area contributed by atoms with E-state index in [1.54, 1.807) is 6.07 Å². The van der Waals surface area contributed by atoms with E-state index < -0.39 is 16.0 Å². The van der Waals surface area contributed by atoms with Gasteiger partial charge in [-0.3, -0.25) is 0 Å². The fourth-order valence-electron chi connectivity index (χ4n) is 3.47. The van der Waals surface area contributed by atoms with Crippen LogP contribution in [0, 0.1) is 6.92 Å². The first-order valence-electron chi connectivity index (χ1n) is 9.47. The van der Waals surface area contributed by atoms with Crippen LogP contribution in [-0.4, -0.2) is 49.0 Å². The van der Waals surface area contributed by atoms with Crippen molar-refractivity contribution >= 4 is 16.0 Å². The second kappa shape index (κ2) is 8.04. The Morgan fingerprint density at radius 2 is 2.10 bits per heavy atom. The molecule has 1 aliphatic rings. The van der Waals surface area contributed by atoms with Crippen molar-refractivity contribution in [3.05, 3.63) is 53.6 Å². The number of carbonyl (C=O) groups excluding carboxylic acids is 1. The fraction of sp³-hybridized carbons (Fsp3) is 0.350. The van der Waals surface area contributed by atoms with Crippen LogP contribution in [0.5, 0.6) is 0 Å². The SMILES string of the molecule is COC(=O)c1cccc(S(=O)(=O)N2CCCC(c3nc(-c4ccc(C)o4)no3)C2)c1. The summed E-state index contributed by atoms with van der Waals surface area (Å²) in [7, 11) is -2.54. The summed E-state index contributed by atoms with van der Waals surface area (Å²) >= 11 is 0. The number of hydrogen-bond donors (Lipinski definition) is 0. The van der Waals surface area contributed by atoms with Gasteiger partial charge in [-0.2, -0.15) is 9.29 Å². The van der Waals surface area contributed by atoms with Crippen LogP contribution in [0.2, 0.25) is 0 Å². The summed E-state index contributed by atoms with van der Waals surface area (Å²) in [5.74, 6) is 1.14. The van der Waals surface area contributed by atoms with Crippen LogP contribution in [0.4, 0.5) is 0 Å². The number of aromatic nitrogens is 2. The molecule has 3 heterocycles. The maximum atomic E-state index is 13.1. The van der Waals surface area contributed by atoms with Gasteiger partial charge >= 0.3 is 5.97 Å². The lowest BCUT2D eigenvalue weighted by molar-refractivity contribution is 0.0600. The summed E-state index contributed by atoms with van der Waals surface area (Å²) in [4.78, 5) is 16.2. The molecule has 1 fully saturated rings. The van der Waals surface area contributed by atoms with Crippen molar-refractivity contribution in [1.82, 2.24) is 14.4 Å². The Labute approximate surface area is 173 Å². The number of hydrogen-bond acceptors (Lipinski definition) is 8. The molecule has 1 saturated heterocycles. The van der Waals surface area contributed by atoms with Crippen LogP contribution in [0.3, 0.4) is 0 Å². The highest BCUT2D eigenvalue weighted by atomic mass is 32.2. The van der Waals surface area contributed by atoms with Crippen molar-refractivity contribution in [2.75, 3.05) is 20.2 Å². The van der Waals surface area contributed by atoms with Gasteiger partial charge in [-0.25, -0.2) is 13.2 Å². The largest absolute Gasteiger partial charge is 0.465 e. The van der Waals surface area contributed by atoms with E-state index in [0.717, 1.165) is 12.2 Å². The van der Waals surface area contributed by atoms with Crippen LogP contribution in [0.25, 0.3) is 11.6 Å². The first kappa shape index (κ1) is 20.3. The number of carbonyl (C=O) groups is 1. The predicted octanol–water partition coefficient (Wildman–Crippen LogP) is 2.99. The number of benzene rings is 1. The summed E-state index contributed by atoms with van der Waals surface area (Å²) in [5.41, 5.74) is 0.183. The Kier molecular flexibility index (Phi) is 5.44. The van der Waals surface area contributed by atoms with E-state index in [1.165, 1.54) is 35.7 Å². The molecule has 9 nitrogen and oxygen atoms in total. The molecule has 158 valence electrons. The number of sulfonamides is 1. The lowest BCUT2D eigenvalue weighted by Gasteiger charge is -2.30. The maximum absolute atomic E-state index is 13.1. The third-order valence-corrected chi connectivity index (χ3v) is 6.89. The normalized spacial score (nSPS) is 17.7. The quantitative estimate of drug-likeness (QED) is 0.566. The molecule has 1 atom stereocenters. The second-order valence-corrected chi connectivity index (χ2v) is 9.03. The van der Waals surface area contributed by atoms with Crippen LogP contribution >= 0.6 is 0 Å². The Morgan fingerprint density at radius 1 is 1.27 bits per heavy atom. The molecular formula is C20H21N3O6S. The Bertz CT molecular complexity index is 1170. The molecule has 30 heavy (non-hydrogen) atoms. The van der Waals surface area contributed by atoms with Gasteiger partial charge in [-0.05, 0) is 50.1 Å². The Balaban J connectivity index is 1.55. The number of nitrogens with zero attached hydrogens (tertiary/aromatic N) is 3. The summed E-state index contributed by atoms with van der Waals surface area (Å²) in [6.07, 6.45) is 1.38. The number of aryl methyl sites for hydroxylation is 1. The monoisotopic (exact) mass is 431 g/mol. The standard InChI is InChI=1S/C20H21N3O6S/c1-13-8-9-17(28-13)18-21-19(29-22-18)15-6-4-10-23(12-15)30(25,26)16-7-3-5-14(11-16)20(24)27-2/h3,5,7-9,11,15H,4,6,10,12H2,1-2H3. The molecule has 1 aromatic carbocycles. The Hall–Kier alpha value is -2.98. The number of esters is 1. The summed E-state index contributed by atoms with van der Waals surface area (Å²) in [6, 6.07) is 9.40. The third kappa shape index (κ3) is 3.88. The molecule has 4 rings (SSSR count). The molecule has 0 bridgehead atoms. The summed E-state index contributed by atoms with van der Waals surface area (Å²) in [5, 5.41) is 3.96. The Morgan fingerprint density at radius 3 is 2.83 bits per heavy atom. The number of piperidine rings is 1. The van der Waals surface area contributed by atoms with E-state index in [9.17, 15) is 13.2 Å². The van der Waals surface area contributed by atoms with E-state index in [4.69, 9.17) is 8.94 Å². The highest BCUT2D eigenvalue weighted by Crippen LogP contribution is 2.31. The fourth-order valence-corrected chi connectivity index (χ4v) is 5.04.